The summed E-state index contributed by atoms with van der Waals surface area (Å²) in [6.45, 7) is 0. The molecular weight excluding hydrogens is 188 g/mol. The van der Waals surface area contributed by atoms with Crippen LogP contribution in [-0.2, 0) is 0 Å². The van der Waals surface area contributed by atoms with Crippen molar-refractivity contribution >= 4 is 15.9 Å². The van der Waals surface area contributed by atoms with Gasteiger partial charge in [0, 0.05) is 4.83 Å². The van der Waals surface area contributed by atoms with Crippen molar-refractivity contribution in [3.63, 3.8) is 0 Å². The third-order valence-electron chi connectivity index (χ3n) is 2.28. The van der Waals surface area contributed by atoms with E-state index in [0.717, 1.165) is 4.83 Å². The molecule has 0 atom stereocenters. The third-order valence-corrected chi connectivity index (χ3v) is 3.20. The summed E-state index contributed by atoms with van der Waals surface area (Å²) in [5.74, 6) is 0. The van der Waals surface area contributed by atoms with Gasteiger partial charge in [0.05, 0.1) is 0 Å². The molecule has 0 amide bonds. The fraction of sp³-hybridized carbons (Fsp3) is 1.00. The Kier molecular flexibility index (Phi) is 4.44. The van der Waals surface area contributed by atoms with Crippen LogP contribution in [0.2, 0.25) is 0 Å². The van der Waals surface area contributed by atoms with Gasteiger partial charge in [-0.1, -0.05) is 54.5 Å². The lowest BCUT2D eigenvalue weighted by atomic mass is 10.1. The minimum atomic E-state index is 0.825. The Balaban J connectivity index is 2.15. The standard InChI is InChI=1S/C9H17Br/c10-9-7-5-3-1-2-4-6-8-9/h9H,1-8H2. The van der Waals surface area contributed by atoms with Crippen molar-refractivity contribution in [3.8, 4) is 0 Å². The maximum Gasteiger partial charge on any atom is 0.0145 e. The van der Waals surface area contributed by atoms with E-state index < -0.39 is 0 Å². The Hall–Kier alpha value is 0.480. The van der Waals surface area contributed by atoms with E-state index in [2.05, 4.69) is 15.9 Å². The van der Waals surface area contributed by atoms with E-state index in [-0.39, 0.29) is 0 Å². The molecule has 0 heterocycles. The summed E-state index contributed by atoms with van der Waals surface area (Å²) >= 11 is 3.71. The zero-order valence-corrected chi connectivity index (χ0v) is 8.20. The number of rotatable bonds is 0. The molecule has 1 saturated carbocycles. The molecule has 0 bridgehead atoms. The molecule has 1 fully saturated rings. The Morgan fingerprint density at radius 2 is 1.10 bits per heavy atom. The quantitative estimate of drug-likeness (QED) is 0.526. The molecule has 0 nitrogen and oxygen atoms in total. The van der Waals surface area contributed by atoms with Crippen molar-refractivity contribution in [2.24, 2.45) is 0 Å². The minimum absolute atomic E-state index is 0.825. The summed E-state index contributed by atoms with van der Waals surface area (Å²) in [5.41, 5.74) is 0. The highest BCUT2D eigenvalue weighted by atomic mass is 79.9. The van der Waals surface area contributed by atoms with Crippen LogP contribution in [0.3, 0.4) is 0 Å². The minimum Gasteiger partial charge on any atom is -0.0891 e. The first kappa shape index (κ1) is 8.58. The molecule has 0 radical (unpaired) electrons. The van der Waals surface area contributed by atoms with Crippen LogP contribution in [0, 0.1) is 0 Å². The van der Waals surface area contributed by atoms with Gasteiger partial charge in [-0.25, -0.2) is 0 Å². The molecule has 0 N–H and O–H groups in total. The van der Waals surface area contributed by atoms with Gasteiger partial charge < -0.3 is 0 Å². The second-order valence-electron chi connectivity index (χ2n) is 3.30. The molecule has 60 valence electrons. The molecule has 1 aliphatic rings. The molecule has 0 aromatic carbocycles. The number of halogens is 1. The van der Waals surface area contributed by atoms with Crippen LogP contribution in [-0.4, -0.2) is 4.83 Å². The fourth-order valence-corrected chi connectivity index (χ4v) is 2.23. The average Bonchev–Trinajstić information content (AvgIpc) is 2.02. The van der Waals surface area contributed by atoms with Gasteiger partial charge in [0.1, 0.15) is 0 Å². The van der Waals surface area contributed by atoms with Crippen LogP contribution in [0.1, 0.15) is 51.4 Å². The smallest absolute Gasteiger partial charge is 0.0145 e. The van der Waals surface area contributed by atoms with Crippen molar-refractivity contribution in [1.29, 1.82) is 0 Å². The molecule has 0 aromatic rings. The molecule has 0 aliphatic heterocycles. The number of hydrogen-bond donors (Lipinski definition) is 0. The van der Waals surface area contributed by atoms with Crippen molar-refractivity contribution in [3.05, 3.63) is 0 Å². The van der Waals surface area contributed by atoms with Crippen molar-refractivity contribution < 1.29 is 0 Å². The van der Waals surface area contributed by atoms with Crippen LogP contribution < -0.4 is 0 Å². The first-order valence-corrected chi connectivity index (χ1v) is 5.45. The molecular formula is C9H17Br. The highest BCUT2D eigenvalue weighted by Crippen LogP contribution is 2.21. The van der Waals surface area contributed by atoms with E-state index >= 15 is 0 Å². The van der Waals surface area contributed by atoms with Gasteiger partial charge in [-0.2, -0.15) is 0 Å². The zero-order valence-electron chi connectivity index (χ0n) is 6.61. The van der Waals surface area contributed by atoms with Crippen molar-refractivity contribution in [2.75, 3.05) is 0 Å². The van der Waals surface area contributed by atoms with Gasteiger partial charge in [0.2, 0.25) is 0 Å². The predicted molar refractivity (Wildman–Crippen MR) is 49.7 cm³/mol. The molecule has 1 aliphatic carbocycles. The van der Waals surface area contributed by atoms with Gasteiger partial charge in [-0.05, 0) is 12.8 Å². The van der Waals surface area contributed by atoms with E-state index in [1.165, 1.54) is 51.4 Å². The lowest BCUT2D eigenvalue weighted by molar-refractivity contribution is 0.624. The first-order chi connectivity index (χ1) is 4.89. The summed E-state index contributed by atoms with van der Waals surface area (Å²) in [4.78, 5) is 0.825. The number of hydrogen-bond acceptors (Lipinski definition) is 0. The highest BCUT2D eigenvalue weighted by molar-refractivity contribution is 9.09. The fourth-order valence-electron chi connectivity index (χ4n) is 1.58. The maximum absolute atomic E-state index is 3.71. The summed E-state index contributed by atoms with van der Waals surface area (Å²) in [7, 11) is 0. The van der Waals surface area contributed by atoms with Gasteiger partial charge >= 0.3 is 0 Å². The first-order valence-electron chi connectivity index (χ1n) is 4.53. The highest BCUT2D eigenvalue weighted by Gasteiger charge is 2.05. The summed E-state index contributed by atoms with van der Waals surface area (Å²) in [6.07, 6.45) is 11.6. The van der Waals surface area contributed by atoms with Gasteiger partial charge in [0.15, 0.2) is 0 Å². The molecule has 1 heteroatoms. The van der Waals surface area contributed by atoms with Crippen LogP contribution in [0.4, 0.5) is 0 Å². The van der Waals surface area contributed by atoms with Gasteiger partial charge in [-0.3, -0.25) is 0 Å². The zero-order chi connectivity index (χ0) is 7.23. The van der Waals surface area contributed by atoms with Gasteiger partial charge in [0.25, 0.3) is 0 Å². The van der Waals surface area contributed by atoms with Crippen LogP contribution >= 0.6 is 15.9 Å². The second-order valence-corrected chi connectivity index (χ2v) is 4.59. The number of alkyl halides is 1. The second kappa shape index (κ2) is 5.17. The Labute approximate surface area is 72.5 Å². The van der Waals surface area contributed by atoms with Gasteiger partial charge in [-0.15, -0.1) is 0 Å². The molecule has 0 spiro atoms. The Morgan fingerprint density at radius 3 is 1.60 bits per heavy atom. The SMILES string of the molecule is BrC1CCCCCCCC1. The topological polar surface area (TPSA) is 0 Å². The summed E-state index contributed by atoms with van der Waals surface area (Å²) in [6, 6.07) is 0. The lowest BCUT2D eigenvalue weighted by Crippen LogP contribution is -1.95. The van der Waals surface area contributed by atoms with Crippen molar-refractivity contribution in [1.82, 2.24) is 0 Å². The van der Waals surface area contributed by atoms with E-state index in [1.807, 2.05) is 0 Å². The third kappa shape index (κ3) is 3.60. The Bertz CT molecular complexity index is 70.8. The summed E-state index contributed by atoms with van der Waals surface area (Å²) < 4.78 is 0. The maximum atomic E-state index is 3.71. The predicted octanol–water partition coefficient (Wildman–Crippen LogP) is 3.88. The van der Waals surface area contributed by atoms with E-state index in [0.29, 0.717) is 0 Å². The Morgan fingerprint density at radius 1 is 0.700 bits per heavy atom. The molecule has 1 rings (SSSR count). The summed E-state index contributed by atoms with van der Waals surface area (Å²) in [5, 5.41) is 0. The van der Waals surface area contributed by atoms with Crippen LogP contribution in [0.5, 0.6) is 0 Å². The molecule has 0 unspecified atom stereocenters. The molecule has 0 aromatic heterocycles. The van der Waals surface area contributed by atoms with Crippen molar-refractivity contribution in [2.45, 2.75) is 56.2 Å². The molecule has 0 saturated heterocycles. The molecule has 10 heavy (non-hydrogen) atoms. The van der Waals surface area contributed by atoms with E-state index in [4.69, 9.17) is 0 Å². The monoisotopic (exact) mass is 204 g/mol. The largest absolute Gasteiger partial charge is 0.0891 e. The average molecular weight is 205 g/mol. The van der Waals surface area contributed by atoms with E-state index in [1.54, 1.807) is 0 Å². The lowest BCUT2D eigenvalue weighted by Gasteiger charge is -2.05. The van der Waals surface area contributed by atoms with Crippen LogP contribution in [0.25, 0.3) is 0 Å². The van der Waals surface area contributed by atoms with E-state index in [9.17, 15) is 0 Å². The normalized spacial score (nSPS) is 24.9. The van der Waals surface area contributed by atoms with Crippen LogP contribution in [0.15, 0.2) is 0 Å².